The van der Waals surface area contributed by atoms with Gasteiger partial charge in [0.1, 0.15) is 5.75 Å². The first-order valence-corrected chi connectivity index (χ1v) is 13.0. The monoisotopic (exact) mass is 516 g/mol. The first-order chi connectivity index (χ1) is 17.8. The Morgan fingerprint density at radius 3 is 2.51 bits per heavy atom. The second kappa shape index (κ2) is 8.99. The maximum absolute atomic E-state index is 13.4. The number of carbonyl (C=O) groups excluding carboxylic acids is 2. The van der Waals surface area contributed by atoms with Gasteiger partial charge in [-0.3, -0.25) is 9.69 Å². The summed E-state index contributed by atoms with van der Waals surface area (Å²) in [7, 11) is 0. The zero-order valence-electron chi connectivity index (χ0n) is 20.9. The largest absolute Gasteiger partial charge is 0.467 e. The molecule has 3 aromatic rings. The Hall–Kier alpha value is -3.71. The van der Waals surface area contributed by atoms with Gasteiger partial charge in [0.15, 0.2) is 5.72 Å². The number of rotatable bonds is 3. The number of piperazine rings is 1. The molecule has 2 saturated heterocycles. The fraction of sp³-hybridized carbons (Fsp3) is 0.310. The Kier molecular flexibility index (Phi) is 5.75. The molecule has 2 atom stereocenters. The fourth-order valence-corrected chi connectivity index (χ4v) is 5.79. The van der Waals surface area contributed by atoms with Crippen LogP contribution in [0.15, 0.2) is 66.7 Å². The van der Waals surface area contributed by atoms with Gasteiger partial charge in [-0.2, -0.15) is 0 Å². The molecule has 0 radical (unpaired) electrons. The van der Waals surface area contributed by atoms with Crippen LogP contribution >= 0.6 is 11.6 Å². The Morgan fingerprint density at radius 1 is 1.00 bits per heavy atom. The van der Waals surface area contributed by atoms with E-state index in [1.54, 1.807) is 11.0 Å². The van der Waals surface area contributed by atoms with Crippen molar-refractivity contribution in [2.75, 3.05) is 36.0 Å². The fourth-order valence-electron chi connectivity index (χ4n) is 5.67. The van der Waals surface area contributed by atoms with Crippen LogP contribution in [0, 0.1) is 6.92 Å². The molecular weight excluding hydrogens is 488 g/mol. The second-order valence-corrected chi connectivity index (χ2v) is 10.6. The maximum atomic E-state index is 13.4. The average Bonchev–Trinajstić information content (AvgIpc) is 2.89. The molecule has 3 heterocycles. The molecule has 6 rings (SSSR count). The summed E-state index contributed by atoms with van der Waals surface area (Å²) in [6.45, 7) is 6.70. The summed E-state index contributed by atoms with van der Waals surface area (Å²) >= 11 is 6.02. The van der Waals surface area contributed by atoms with Crippen LogP contribution in [0.2, 0.25) is 5.02 Å². The minimum absolute atomic E-state index is 0.0385. The SMILES string of the molecule is Cc1ccc2c(c1)C1CC(C)(O2)N(c2cccc(C(=O)N3CCN(c4ccc(Cl)cc4)CC3)c2)C(=O)N1. The summed E-state index contributed by atoms with van der Waals surface area (Å²) in [5.41, 5.74) is 3.57. The predicted octanol–water partition coefficient (Wildman–Crippen LogP) is 5.38. The number of nitrogens with one attached hydrogen (secondary N) is 1. The molecule has 0 aromatic heterocycles. The molecule has 7 nitrogen and oxygen atoms in total. The number of halogens is 1. The summed E-state index contributed by atoms with van der Waals surface area (Å²) in [6.07, 6.45) is 0.611. The van der Waals surface area contributed by atoms with Gasteiger partial charge < -0.3 is 19.9 Å². The lowest BCUT2D eigenvalue weighted by Crippen LogP contribution is -2.65. The Morgan fingerprint density at radius 2 is 1.76 bits per heavy atom. The van der Waals surface area contributed by atoms with Crippen molar-refractivity contribution in [1.82, 2.24) is 10.2 Å². The molecule has 0 saturated carbocycles. The summed E-state index contributed by atoms with van der Waals surface area (Å²) in [5.74, 6) is 0.739. The van der Waals surface area contributed by atoms with Crippen LogP contribution in [0.4, 0.5) is 16.2 Å². The molecule has 3 aromatic carbocycles. The lowest BCUT2D eigenvalue weighted by atomic mass is 9.89. The third-order valence-corrected chi connectivity index (χ3v) is 7.79. The number of fused-ring (bicyclic) bond motifs is 4. The van der Waals surface area contributed by atoms with Crippen molar-refractivity contribution in [1.29, 1.82) is 0 Å². The Balaban J connectivity index is 1.20. The predicted molar refractivity (Wildman–Crippen MR) is 145 cm³/mol. The Bertz CT molecular complexity index is 1370. The molecular formula is C29H29ClN4O3. The van der Waals surface area contributed by atoms with E-state index < -0.39 is 5.72 Å². The lowest BCUT2D eigenvalue weighted by Gasteiger charge is -2.50. The quantitative estimate of drug-likeness (QED) is 0.507. The number of aryl methyl sites for hydroxylation is 1. The highest BCUT2D eigenvalue weighted by Crippen LogP contribution is 2.45. The smallest absolute Gasteiger partial charge is 0.325 e. The maximum Gasteiger partial charge on any atom is 0.325 e. The van der Waals surface area contributed by atoms with Gasteiger partial charge in [-0.1, -0.05) is 35.4 Å². The van der Waals surface area contributed by atoms with E-state index in [9.17, 15) is 9.59 Å². The van der Waals surface area contributed by atoms with Gasteiger partial charge in [-0.25, -0.2) is 4.79 Å². The van der Waals surface area contributed by atoms with Crippen molar-refractivity contribution in [3.63, 3.8) is 0 Å². The number of amides is 3. The number of ether oxygens (including phenoxy) is 1. The van der Waals surface area contributed by atoms with Gasteiger partial charge in [0.2, 0.25) is 0 Å². The van der Waals surface area contributed by atoms with Crippen LogP contribution in [-0.4, -0.2) is 48.7 Å². The van der Waals surface area contributed by atoms with Gasteiger partial charge in [0.05, 0.1) is 11.7 Å². The van der Waals surface area contributed by atoms with Crippen LogP contribution in [0.25, 0.3) is 0 Å². The minimum Gasteiger partial charge on any atom is -0.467 e. The van der Waals surface area contributed by atoms with Gasteiger partial charge in [-0.15, -0.1) is 0 Å². The molecule has 0 aliphatic carbocycles. The number of carbonyl (C=O) groups is 2. The standard InChI is InChI=1S/C29H29ClN4O3/c1-19-6-11-26-24(16-19)25-18-29(2,37-26)34(28(36)31-25)23-5-3-4-20(17-23)27(35)33-14-12-32(13-15-33)22-9-7-21(30)8-10-22/h3-11,16-17,25H,12-15,18H2,1-2H3,(H,31,36). The van der Waals surface area contributed by atoms with Crippen LogP contribution < -0.4 is 19.9 Å². The average molecular weight is 517 g/mol. The van der Waals surface area contributed by atoms with Crippen molar-refractivity contribution in [3.8, 4) is 5.75 Å². The van der Waals surface area contributed by atoms with Crippen LogP contribution in [0.3, 0.4) is 0 Å². The number of urea groups is 1. The highest BCUT2D eigenvalue weighted by atomic mass is 35.5. The highest BCUT2D eigenvalue weighted by molar-refractivity contribution is 6.30. The number of hydrogen-bond acceptors (Lipinski definition) is 4. The van der Waals surface area contributed by atoms with Gasteiger partial charge in [0, 0.05) is 54.4 Å². The molecule has 1 N–H and O–H groups in total. The molecule has 8 heteroatoms. The van der Waals surface area contributed by atoms with Crippen molar-refractivity contribution in [3.05, 3.63) is 88.4 Å². The molecule has 3 aliphatic rings. The summed E-state index contributed by atoms with van der Waals surface area (Å²) < 4.78 is 6.42. The number of hydrogen-bond donors (Lipinski definition) is 1. The van der Waals surface area contributed by atoms with E-state index in [2.05, 4.69) is 16.3 Å². The van der Waals surface area contributed by atoms with Gasteiger partial charge in [-0.05, 0) is 62.4 Å². The zero-order chi connectivity index (χ0) is 25.7. The van der Waals surface area contributed by atoms with E-state index in [0.717, 1.165) is 35.7 Å². The molecule has 0 spiro atoms. The van der Waals surface area contributed by atoms with Crippen molar-refractivity contribution in [2.45, 2.75) is 32.0 Å². The third kappa shape index (κ3) is 4.27. The first kappa shape index (κ1) is 23.7. The van der Waals surface area contributed by atoms with E-state index >= 15 is 0 Å². The molecule has 2 bridgehead atoms. The van der Waals surface area contributed by atoms with Crippen LogP contribution in [-0.2, 0) is 0 Å². The number of anilines is 2. The summed E-state index contributed by atoms with van der Waals surface area (Å²) in [5, 5.41) is 3.85. The topological polar surface area (TPSA) is 65.1 Å². The molecule has 2 unspecified atom stereocenters. The second-order valence-electron chi connectivity index (χ2n) is 10.2. The molecule has 190 valence electrons. The minimum atomic E-state index is -0.860. The highest BCUT2D eigenvalue weighted by Gasteiger charge is 2.50. The lowest BCUT2D eigenvalue weighted by molar-refractivity contribution is 0.0377. The van der Waals surface area contributed by atoms with Crippen molar-refractivity contribution >= 4 is 34.9 Å². The summed E-state index contributed by atoms with van der Waals surface area (Å²) in [4.78, 5) is 32.5. The number of benzene rings is 3. The van der Waals surface area contributed by atoms with Gasteiger partial charge >= 0.3 is 6.03 Å². The zero-order valence-corrected chi connectivity index (χ0v) is 21.7. The van der Waals surface area contributed by atoms with E-state index in [1.165, 1.54) is 0 Å². The third-order valence-electron chi connectivity index (χ3n) is 7.54. The van der Waals surface area contributed by atoms with E-state index in [1.807, 2.05) is 73.3 Å². The molecule has 3 amide bonds. The summed E-state index contributed by atoms with van der Waals surface area (Å²) in [6, 6.07) is 20.8. The van der Waals surface area contributed by atoms with E-state index in [0.29, 0.717) is 35.8 Å². The molecule has 37 heavy (non-hydrogen) atoms. The van der Waals surface area contributed by atoms with Crippen LogP contribution in [0.1, 0.15) is 40.9 Å². The van der Waals surface area contributed by atoms with Crippen molar-refractivity contribution in [2.24, 2.45) is 0 Å². The Labute approximate surface area is 221 Å². The van der Waals surface area contributed by atoms with Crippen LogP contribution in [0.5, 0.6) is 5.75 Å². The number of nitrogens with zero attached hydrogens (tertiary/aromatic N) is 3. The van der Waals surface area contributed by atoms with E-state index in [4.69, 9.17) is 16.3 Å². The van der Waals surface area contributed by atoms with E-state index in [-0.39, 0.29) is 18.0 Å². The normalized spacial score (nSPS) is 22.7. The molecule has 3 aliphatic heterocycles. The molecule has 2 fully saturated rings. The first-order valence-electron chi connectivity index (χ1n) is 12.6. The van der Waals surface area contributed by atoms with Crippen molar-refractivity contribution < 1.29 is 14.3 Å². The van der Waals surface area contributed by atoms with Gasteiger partial charge in [0.25, 0.3) is 5.91 Å².